The van der Waals surface area contributed by atoms with E-state index in [0.717, 1.165) is 52.2 Å². The average Bonchev–Trinajstić information content (AvgIpc) is 2.25. The van der Waals surface area contributed by atoms with Gasteiger partial charge in [-0.2, -0.15) is 0 Å². The third-order valence-electron chi connectivity index (χ3n) is 2.70. The summed E-state index contributed by atoms with van der Waals surface area (Å²) in [5, 5.41) is 0. The lowest BCUT2D eigenvalue weighted by Gasteiger charge is -2.26. The molecule has 0 saturated carbocycles. The fourth-order valence-electron chi connectivity index (χ4n) is 1.62. The van der Waals surface area contributed by atoms with Crippen LogP contribution < -0.4 is 5.73 Å². The van der Waals surface area contributed by atoms with Crippen molar-refractivity contribution in [2.24, 2.45) is 5.73 Å². The lowest BCUT2D eigenvalue weighted by molar-refractivity contribution is 0.0370. The lowest BCUT2D eigenvalue weighted by Crippen LogP contribution is -2.37. The monoisotopic (exact) mass is 215 g/mol. The van der Waals surface area contributed by atoms with Crippen LogP contribution in [-0.2, 0) is 4.74 Å². The number of ether oxygens (including phenoxy) is 1. The Morgan fingerprint density at radius 3 is 2.67 bits per heavy atom. The number of hydrogen-bond donors (Lipinski definition) is 1. The fourth-order valence-corrected chi connectivity index (χ4v) is 1.62. The van der Waals surface area contributed by atoms with Crippen LogP contribution in [0.5, 0.6) is 0 Å². The number of nitrogens with zero attached hydrogens (tertiary/aromatic N) is 2. The smallest absolute Gasteiger partial charge is 0.314 e. The number of carbonyl (C=O) groups is 1. The van der Waals surface area contributed by atoms with Crippen LogP contribution in [0.25, 0.3) is 0 Å². The van der Waals surface area contributed by atoms with Crippen LogP contribution in [0.1, 0.15) is 12.8 Å². The van der Waals surface area contributed by atoms with Crippen LogP contribution in [-0.4, -0.2) is 62.3 Å². The van der Waals surface area contributed by atoms with Gasteiger partial charge in [-0.25, -0.2) is 4.79 Å². The molecule has 2 N–H and O–H groups in total. The second-order valence-corrected chi connectivity index (χ2v) is 3.92. The highest BCUT2D eigenvalue weighted by atomic mass is 16.5. The zero-order valence-electron chi connectivity index (χ0n) is 9.45. The van der Waals surface area contributed by atoms with Gasteiger partial charge >= 0.3 is 6.03 Å². The molecule has 88 valence electrons. The highest BCUT2D eigenvalue weighted by Crippen LogP contribution is 2.00. The first-order chi connectivity index (χ1) is 7.20. The third kappa shape index (κ3) is 4.99. The van der Waals surface area contributed by atoms with Crippen LogP contribution in [0.3, 0.4) is 0 Å². The van der Waals surface area contributed by atoms with E-state index in [-0.39, 0.29) is 6.03 Å². The van der Waals surface area contributed by atoms with Crippen LogP contribution in [0.2, 0.25) is 0 Å². The van der Waals surface area contributed by atoms with Crippen molar-refractivity contribution in [1.82, 2.24) is 9.80 Å². The summed E-state index contributed by atoms with van der Waals surface area (Å²) in [4.78, 5) is 14.7. The van der Waals surface area contributed by atoms with Crippen molar-refractivity contribution in [3.8, 4) is 0 Å². The molecular weight excluding hydrogens is 194 g/mol. The molecule has 1 aliphatic heterocycles. The number of carbonyl (C=O) groups excluding carboxylic acids is 1. The molecule has 0 radical (unpaired) electrons. The molecule has 0 spiro atoms. The van der Waals surface area contributed by atoms with E-state index in [9.17, 15) is 4.79 Å². The van der Waals surface area contributed by atoms with Crippen molar-refractivity contribution in [1.29, 1.82) is 0 Å². The molecule has 0 atom stereocenters. The quantitative estimate of drug-likeness (QED) is 0.662. The number of morpholine rings is 1. The van der Waals surface area contributed by atoms with Gasteiger partial charge in [0, 0.05) is 26.7 Å². The first kappa shape index (κ1) is 12.3. The summed E-state index contributed by atoms with van der Waals surface area (Å²) in [6.45, 7) is 5.61. The Hall–Kier alpha value is -0.810. The molecule has 0 aromatic rings. The van der Waals surface area contributed by atoms with Gasteiger partial charge in [-0.1, -0.05) is 0 Å². The molecule has 1 heterocycles. The van der Waals surface area contributed by atoms with Gasteiger partial charge in [0.1, 0.15) is 0 Å². The molecule has 1 fully saturated rings. The molecule has 2 amide bonds. The van der Waals surface area contributed by atoms with E-state index >= 15 is 0 Å². The summed E-state index contributed by atoms with van der Waals surface area (Å²) < 4.78 is 5.26. The molecule has 5 nitrogen and oxygen atoms in total. The van der Waals surface area contributed by atoms with Crippen molar-refractivity contribution in [2.45, 2.75) is 12.8 Å². The van der Waals surface area contributed by atoms with E-state index in [1.54, 1.807) is 11.9 Å². The van der Waals surface area contributed by atoms with Crippen molar-refractivity contribution in [2.75, 3.05) is 46.4 Å². The Morgan fingerprint density at radius 1 is 1.40 bits per heavy atom. The topological polar surface area (TPSA) is 58.8 Å². The molecular formula is C10H21N3O2. The molecule has 1 aliphatic rings. The molecule has 0 aromatic heterocycles. The zero-order valence-corrected chi connectivity index (χ0v) is 9.45. The van der Waals surface area contributed by atoms with Crippen LogP contribution in [0.15, 0.2) is 0 Å². The maximum absolute atomic E-state index is 10.7. The molecule has 0 aliphatic carbocycles. The van der Waals surface area contributed by atoms with E-state index in [1.807, 2.05) is 0 Å². The van der Waals surface area contributed by atoms with Gasteiger partial charge < -0.3 is 15.4 Å². The van der Waals surface area contributed by atoms with Gasteiger partial charge in [0.2, 0.25) is 0 Å². The summed E-state index contributed by atoms with van der Waals surface area (Å²) in [6, 6.07) is -0.346. The highest BCUT2D eigenvalue weighted by molar-refractivity contribution is 5.71. The Bertz CT molecular complexity index is 193. The minimum Gasteiger partial charge on any atom is -0.379 e. The van der Waals surface area contributed by atoms with Crippen LogP contribution >= 0.6 is 0 Å². The number of urea groups is 1. The maximum Gasteiger partial charge on any atom is 0.314 e. The van der Waals surface area contributed by atoms with Gasteiger partial charge in [0.15, 0.2) is 0 Å². The van der Waals surface area contributed by atoms with E-state index in [1.165, 1.54) is 0 Å². The fraction of sp³-hybridized carbons (Fsp3) is 0.900. The Balaban J connectivity index is 1.98. The molecule has 5 heteroatoms. The number of amides is 2. The third-order valence-corrected chi connectivity index (χ3v) is 2.70. The molecule has 0 bridgehead atoms. The summed E-state index contributed by atoms with van der Waals surface area (Å²) in [7, 11) is 1.73. The summed E-state index contributed by atoms with van der Waals surface area (Å²) in [5.74, 6) is 0. The van der Waals surface area contributed by atoms with Crippen LogP contribution in [0, 0.1) is 0 Å². The summed E-state index contributed by atoms with van der Waals surface area (Å²) >= 11 is 0. The van der Waals surface area contributed by atoms with Gasteiger partial charge in [0.05, 0.1) is 13.2 Å². The molecule has 1 rings (SSSR count). The van der Waals surface area contributed by atoms with Gasteiger partial charge in [0.25, 0.3) is 0 Å². The Kier molecular flexibility index (Phi) is 5.42. The highest BCUT2D eigenvalue weighted by Gasteiger charge is 2.09. The maximum atomic E-state index is 10.7. The molecule has 0 unspecified atom stereocenters. The van der Waals surface area contributed by atoms with Crippen molar-refractivity contribution >= 4 is 6.03 Å². The first-order valence-corrected chi connectivity index (χ1v) is 5.51. The molecule has 1 saturated heterocycles. The average molecular weight is 215 g/mol. The van der Waals surface area contributed by atoms with Crippen LogP contribution in [0.4, 0.5) is 4.79 Å². The number of nitrogens with two attached hydrogens (primary N) is 1. The zero-order chi connectivity index (χ0) is 11.1. The number of unbranched alkanes of at least 4 members (excludes halogenated alkanes) is 1. The van der Waals surface area contributed by atoms with Gasteiger partial charge in [-0.3, -0.25) is 4.90 Å². The summed E-state index contributed by atoms with van der Waals surface area (Å²) in [6.07, 6.45) is 2.12. The number of rotatable bonds is 5. The Labute approximate surface area is 91.2 Å². The van der Waals surface area contributed by atoms with E-state index in [4.69, 9.17) is 10.5 Å². The van der Waals surface area contributed by atoms with Crippen molar-refractivity contribution in [3.05, 3.63) is 0 Å². The SMILES string of the molecule is CN(CCCCN1CCOCC1)C(N)=O. The van der Waals surface area contributed by atoms with Gasteiger partial charge in [-0.05, 0) is 19.4 Å². The number of hydrogen-bond acceptors (Lipinski definition) is 3. The predicted octanol–water partition coefficient (Wildman–Crippen LogP) is 0.109. The Morgan fingerprint density at radius 2 is 2.07 bits per heavy atom. The minimum atomic E-state index is -0.346. The second kappa shape index (κ2) is 6.63. The normalized spacial score (nSPS) is 17.7. The van der Waals surface area contributed by atoms with E-state index in [2.05, 4.69) is 4.90 Å². The van der Waals surface area contributed by atoms with Crippen molar-refractivity contribution in [3.63, 3.8) is 0 Å². The van der Waals surface area contributed by atoms with Gasteiger partial charge in [-0.15, -0.1) is 0 Å². The number of primary amides is 1. The van der Waals surface area contributed by atoms with E-state index in [0.29, 0.717) is 0 Å². The van der Waals surface area contributed by atoms with E-state index < -0.39 is 0 Å². The largest absolute Gasteiger partial charge is 0.379 e. The van der Waals surface area contributed by atoms with Crippen molar-refractivity contribution < 1.29 is 9.53 Å². The molecule has 15 heavy (non-hydrogen) atoms. The standard InChI is InChI=1S/C10H21N3O2/c1-12(10(11)14)4-2-3-5-13-6-8-15-9-7-13/h2-9H2,1H3,(H2,11,14). The lowest BCUT2D eigenvalue weighted by atomic mass is 10.2. The minimum absolute atomic E-state index is 0.346. The summed E-state index contributed by atoms with van der Waals surface area (Å²) in [5.41, 5.74) is 5.12. The predicted molar refractivity (Wildman–Crippen MR) is 58.7 cm³/mol. The molecule has 0 aromatic carbocycles. The first-order valence-electron chi connectivity index (χ1n) is 5.51. The second-order valence-electron chi connectivity index (χ2n) is 3.92.